The zero-order valence-electron chi connectivity index (χ0n) is 19.9. The Hall–Kier alpha value is -3.29. The van der Waals surface area contributed by atoms with Crippen LogP contribution in [-0.2, 0) is 6.61 Å². The van der Waals surface area contributed by atoms with E-state index in [-0.39, 0.29) is 18.0 Å². The third-order valence-corrected chi connectivity index (χ3v) is 6.39. The van der Waals surface area contributed by atoms with Gasteiger partial charge in [-0.15, -0.1) is 0 Å². The number of urea groups is 1. The first-order valence-corrected chi connectivity index (χ1v) is 12.3. The lowest BCUT2D eigenvalue weighted by atomic mass is 9.96. The Balaban J connectivity index is 1.33. The molecule has 8 heteroatoms. The van der Waals surface area contributed by atoms with Crippen LogP contribution in [0, 0.1) is 0 Å². The fraction of sp³-hybridized carbons (Fsp3) is 0.500. The van der Waals surface area contributed by atoms with E-state index < -0.39 is 0 Å². The minimum atomic E-state index is -0.0629. The highest BCUT2D eigenvalue weighted by Crippen LogP contribution is 2.30. The molecule has 0 radical (unpaired) electrons. The number of ether oxygens (including phenoxy) is 2. The van der Waals surface area contributed by atoms with E-state index in [9.17, 15) is 9.59 Å². The van der Waals surface area contributed by atoms with Crippen molar-refractivity contribution in [3.8, 4) is 11.5 Å². The summed E-state index contributed by atoms with van der Waals surface area (Å²) in [4.78, 5) is 33.5. The van der Waals surface area contributed by atoms with Crippen LogP contribution in [0.25, 0.3) is 0 Å². The molecule has 8 nitrogen and oxygen atoms in total. The third-order valence-electron chi connectivity index (χ3n) is 6.39. The van der Waals surface area contributed by atoms with Crippen molar-refractivity contribution >= 4 is 11.9 Å². The van der Waals surface area contributed by atoms with Gasteiger partial charge in [0.1, 0.15) is 6.61 Å². The van der Waals surface area contributed by atoms with Crippen LogP contribution in [0.4, 0.5) is 4.79 Å². The molecule has 1 aromatic carbocycles. The molecule has 1 N–H and O–H groups in total. The molecular formula is C26H34N4O4. The van der Waals surface area contributed by atoms with Crippen LogP contribution < -0.4 is 14.8 Å². The number of rotatable bonds is 7. The molecule has 2 aliphatic rings. The van der Waals surface area contributed by atoms with Gasteiger partial charge in [0, 0.05) is 55.7 Å². The van der Waals surface area contributed by atoms with Gasteiger partial charge in [-0.05, 0) is 44.0 Å². The number of benzene rings is 1. The highest BCUT2D eigenvalue weighted by molar-refractivity contribution is 5.95. The molecule has 1 aromatic heterocycles. The molecular weight excluding hydrogens is 432 g/mol. The molecule has 0 atom stereocenters. The smallest absolute Gasteiger partial charge is 0.317 e. The van der Waals surface area contributed by atoms with Gasteiger partial charge in [0.25, 0.3) is 5.91 Å². The summed E-state index contributed by atoms with van der Waals surface area (Å²) >= 11 is 0. The van der Waals surface area contributed by atoms with Crippen LogP contribution >= 0.6 is 0 Å². The predicted octanol–water partition coefficient (Wildman–Crippen LogP) is 3.86. The van der Waals surface area contributed by atoms with Crippen molar-refractivity contribution in [2.24, 2.45) is 0 Å². The standard InChI is InChI=1S/C26H34N4O4/c1-2-33-24-17-21(10-11-23(24)34-19-20-7-6-12-27-18-20)25(31)29-13-15-30(16-14-29)26(32)28-22-8-4-3-5-9-22/h6-7,10-12,17-18,22H,2-5,8-9,13-16,19H2,1H3,(H,28,32). The highest BCUT2D eigenvalue weighted by atomic mass is 16.5. The summed E-state index contributed by atoms with van der Waals surface area (Å²) in [6.45, 7) is 4.84. The molecule has 1 saturated carbocycles. The summed E-state index contributed by atoms with van der Waals surface area (Å²) in [5.74, 6) is 1.07. The van der Waals surface area contributed by atoms with E-state index >= 15 is 0 Å². The summed E-state index contributed by atoms with van der Waals surface area (Å²) in [5.41, 5.74) is 1.51. The summed E-state index contributed by atoms with van der Waals surface area (Å²) in [6.07, 6.45) is 9.23. The van der Waals surface area contributed by atoms with Crippen LogP contribution in [0.1, 0.15) is 54.9 Å². The molecule has 1 aliphatic carbocycles. The number of amides is 3. The number of carbonyl (C=O) groups is 2. The maximum absolute atomic E-state index is 13.1. The SMILES string of the molecule is CCOc1cc(C(=O)N2CCN(C(=O)NC3CCCCC3)CC2)ccc1OCc1cccnc1. The van der Waals surface area contributed by atoms with Gasteiger partial charge in [-0.1, -0.05) is 25.3 Å². The number of nitrogens with one attached hydrogen (secondary N) is 1. The first-order chi connectivity index (χ1) is 16.6. The maximum Gasteiger partial charge on any atom is 0.317 e. The molecule has 0 spiro atoms. The van der Waals surface area contributed by atoms with Crippen molar-refractivity contribution in [1.82, 2.24) is 20.1 Å². The first kappa shape index (κ1) is 23.9. The van der Waals surface area contributed by atoms with Gasteiger partial charge in [-0.2, -0.15) is 0 Å². The van der Waals surface area contributed by atoms with Gasteiger partial charge in [0.05, 0.1) is 6.61 Å². The topological polar surface area (TPSA) is 84.0 Å². The summed E-state index contributed by atoms with van der Waals surface area (Å²) in [6, 6.07) is 9.38. The van der Waals surface area contributed by atoms with E-state index in [4.69, 9.17) is 9.47 Å². The Bertz CT molecular complexity index is 955. The number of pyridine rings is 1. The number of nitrogens with zero attached hydrogens (tertiary/aromatic N) is 3. The van der Waals surface area contributed by atoms with E-state index in [0.717, 1.165) is 18.4 Å². The number of aromatic nitrogens is 1. The molecule has 4 rings (SSSR count). The van der Waals surface area contributed by atoms with E-state index in [1.807, 2.05) is 24.0 Å². The average molecular weight is 467 g/mol. The van der Waals surface area contributed by atoms with Gasteiger partial charge in [-0.3, -0.25) is 9.78 Å². The summed E-state index contributed by atoms with van der Waals surface area (Å²) < 4.78 is 11.7. The van der Waals surface area contributed by atoms with Crippen molar-refractivity contribution in [2.45, 2.75) is 51.7 Å². The molecule has 0 unspecified atom stereocenters. The summed E-state index contributed by atoms with van der Waals surface area (Å²) in [7, 11) is 0. The van der Waals surface area contributed by atoms with Gasteiger partial charge in [0.2, 0.25) is 0 Å². The number of hydrogen-bond donors (Lipinski definition) is 1. The van der Waals surface area contributed by atoms with Crippen LogP contribution in [0.3, 0.4) is 0 Å². The van der Waals surface area contributed by atoms with Gasteiger partial charge in [0.15, 0.2) is 11.5 Å². The highest BCUT2D eigenvalue weighted by Gasteiger charge is 2.27. The number of carbonyl (C=O) groups excluding carboxylic acids is 2. The quantitative estimate of drug-likeness (QED) is 0.670. The number of piperazine rings is 1. The molecule has 2 fully saturated rings. The van der Waals surface area contributed by atoms with Gasteiger partial charge in [-0.25, -0.2) is 4.79 Å². The fourth-order valence-corrected chi connectivity index (χ4v) is 4.48. The second-order valence-corrected chi connectivity index (χ2v) is 8.81. The Morgan fingerprint density at radius 1 is 1.00 bits per heavy atom. The van der Waals surface area contributed by atoms with Crippen molar-refractivity contribution in [1.29, 1.82) is 0 Å². The van der Waals surface area contributed by atoms with Crippen molar-refractivity contribution in [2.75, 3.05) is 32.8 Å². The van der Waals surface area contributed by atoms with Crippen molar-refractivity contribution in [3.05, 3.63) is 53.9 Å². The lowest BCUT2D eigenvalue weighted by Crippen LogP contribution is -2.54. The minimum absolute atomic E-state index is 0.00671. The lowest BCUT2D eigenvalue weighted by molar-refractivity contribution is 0.0662. The molecule has 182 valence electrons. The van der Waals surface area contributed by atoms with Crippen LogP contribution in [0.5, 0.6) is 11.5 Å². The monoisotopic (exact) mass is 466 g/mol. The Morgan fingerprint density at radius 2 is 1.76 bits per heavy atom. The Morgan fingerprint density at radius 3 is 2.47 bits per heavy atom. The second kappa shape index (κ2) is 11.7. The van der Waals surface area contributed by atoms with Crippen molar-refractivity contribution < 1.29 is 19.1 Å². The molecule has 2 aromatic rings. The normalized spacial score (nSPS) is 16.7. The molecule has 1 aliphatic heterocycles. The molecule has 34 heavy (non-hydrogen) atoms. The van der Waals surface area contributed by atoms with Crippen molar-refractivity contribution in [3.63, 3.8) is 0 Å². The van der Waals surface area contributed by atoms with E-state index in [1.54, 1.807) is 35.5 Å². The molecule has 0 bridgehead atoms. The largest absolute Gasteiger partial charge is 0.490 e. The second-order valence-electron chi connectivity index (χ2n) is 8.81. The predicted molar refractivity (Wildman–Crippen MR) is 129 cm³/mol. The number of hydrogen-bond acceptors (Lipinski definition) is 5. The Kier molecular flexibility index (Phi) is 8.22. The van der Waals surface area contributed by atoms with Gasteiger partial charge >= 0.3 is 6.03 Å². The first-order valence-electron chi connectivity index (χ1n) is 12.3. The zero-order valence-corrected chi connectivity index (χ0v) is 19.9. The van der Waals surface area contributed by atoms with Crippen LogP contribution in [0.15, 0.2) is 42.7 Å². The van der Waals surface area contributed by atoms with E-state index in [2.05, 4.69) is 10.3 Å². The third kappa shape index (κ3) is 6.18. The van der Waals surface area contributed by atoms with Crippen LogP contribution in [0.2, 0.25) is 0 Å². The summed E-state index contributed by atoms with van der Waals surface area (Å²) in [5, 5.41) is 3.16. The lowest BCUT2D eigenvalue weighted by Gasteiger charge is -2.36. The average Bonchev–Trinajstić information content (AvgIpc) is 2.89. The van der Waals surface area contributed by atoms with E-state index in [1.165, 1.54) is 19.3 Å². The fourth-order valence-electron chi connectivity index (χ4n) is 4.48. The Labute approximate surface area is 201 Å². The maximum atomic E-state index is 13.1. The van der Waals surface area contributed by atoms with Gasteiger partial charge < -0.3 is 24.6 Å². The van der Waals surface area contributed by atoms with Crippen LogP contribution in [-0.4, -0.2) is 65.5 Å². The molecule has 2 heterocycles. The molecule has 3 amide bonds. The minimum Gasteiger partial charge on any atom is -0.490 e. The molecule has 1 saturated heterocycles. The van der Waals surface area contributed by atoms with E-state index in [0.29, 0.717) is 56.5 Å². The zero-order chi connectivity index (χ0) is 23.8.